The van der Waals surface area contributed by atoms with Gasteiger partial charge in [0.05, 0.1) is 13.2 Å². The maximum Gasteiger partial charge on any atom is 0.246 e. The molecule has 1 atom stereocenters. The SMILES string of the molecule is COc1ccc2c(c1)OC(C)(C)C[C@@H]2NS(=O)(=O)c1c(C)noc1C. The number of sulfonamides is 1. The number of ether oxygens (including phenoxy) is 2. The highest BCUT2D eigenvalue weighted by molar-refractivity contribution is 7.89. The van der Waals surface area contributed by atoms with E-state index >= 15 is 0 Å². The zero-order valence-corrected chi connectivity index (χ0v) is 15.7. The molecule has 7 nitrogen and oxygen atoms in total. The molecule has 1 N–H and O–H groups in total. The van der Waals surface area contributed by atoms with Crippen LogP contribution in [0.25, 0.3) is 0 Å². The van der Waals surface area contributed by atoms with Crippen LogP contribution in [0.1, 0.15) is 43.3 Å². The number of nitrogens with zero attached hydrogens (tertiary/aromatic N) is 1. The van der Waals surface area contributed by atoms with E-state index in [4.69, 9.17) is 14.0 Å². The number of aryl methyl sites for hydroxylation is 2. The minimum Gasteiger partial charge on any atom is -0.497 e. The number of hydrogen-bond acceptors (Lipinski definition) is 6. The van der Waals surface area contributed by atoms with Crippen LogP contribution < -0.4 is 14.2 Å². The smallest absolute Gasteiger partial charge is 0.246 e. The summed E-state index contributed by atoms with van der Waals surface area (Å²) in [6.45, 7) is 7.04. The van der Waals surface area contributed by atoms with Gasteiger partial charge < -0.3 is 14.0 Å². The number of fused-ring (bicyclic) bond motifs is 1. The van der Waals surface area contributed by atoms with E-state index in [-0.39, 0.29) is 10.7 Å². The maximum absolute atomic E-state index is 12.9. The number of rotatable bonds is 4. The van der Waals surface area contributed by atoms with Crippen LogP contribution in [0.2, 0.25) is 0 Å². The van der Waals surface area contributed by atoms with Crippen molar-refractivity contribution in [2.24, 2.45) is 0 Å². The normalized spacial score (nSPS) is 19.2. The van der Waals surface area contributed by atoms with Gasteiger partial charge in [-0.25, -0.2) is 13.1 Å². The van der Waals surface area contributed by atoms with E-state index in [0.717, 1.165) is 5.56 Å². The van der Waals surface area contributed by atoms with Crippen molar-refractivity contribution in [1.82, 2.24) is 9.88 Å². The molecule has 8 heteroatoms. The number of hydrogen-bond donors (Lipinski definition) is 1. The monoisotopic (exact) mass is 366 g/mol. The average Bonchev–Trinajstić information content (AvgIpc) is 2.84. The van der Waals surface area contributed by atoms with E-state index in [1.807, 2.05) is 19.9 Å². The summed E-state index contributed by atoms with van der Waals surface area (Å²) in [5, 5.41) is 3.74. The third-order valence-electron chi connectivity index (χ3n) is 4.21. The molecule has 0 saturated carbocycles. The second kappa shape index (κ2) is 6.03. The Balaban J connectivity index is 2.01. The molecule has 0 fully saturated rings. The molecule has 25 heavy (non-hydrogen) atoms. The molecule has 2 aromatic rings. The lowest BCUT2D eigenvalue weighted by atomic mass is 9.90. The van der Waals surface area contributed by atoms with E-state index in [1.54, 1.807) is 33.1 Å². The van der Waals surface area contributed by atoms with Gasteiger partial charge in [-0.3, -0.25) is 0 Å². The Hall–Kier alpha value is -2.06. The van der Waals surface area contributed by atoms with Crippen LogP contribution in [-0.2, 0) is 10.0 Å². The summed E-state index contributed by atoms with van der Waals surface area (Å²) < 4.78 is 44.8. The van der Waals surface area contributed by atoms with Gasteiger partial charge in [0.2, 0.25) is 10.0 Å². The fourth-order valence-electron chi connectivity index (χ4n) is 3.17. The number of nitrogens with one attached hydrogen (secondary N) is 1. The number of benzene rings is 1. The van der Waals surface area contributed by atoms with Gasteiger partial charge in [-0.05, 0) is 33.8 Å². The van der Waals surface area contributed by atoms with Crippen molar-refractivity contribution in [3.8, 4) is 11.5 Å². The Bertz CT molecular complexity index is 882. The summed E-state index contributed by atoms with van der Waals surface area (Å²) in [6, 6.07) is 4.96. The first kappa shape index (κ1) is 17.8. The van der Waals surface area contributed by atoms with Crippen molar-refractivity contribution in [2.75, 3.05) is 7.11 Å². The van der Waals surface area contributed by atoms with Crippen molar-refractivity contribution < 1.29 is 22.4 Å². The predicted molar refractivity (Wildman–Crippen MR) is 91.4 cm³/mol. The third kappa shape index (κ3) is 3.36. The lowest BCUT2D eigenvalue weighted by Gasteiger charge is -2.37. The average molecular weight is 366 g/mol. The topological polar surface area (TPSA) is 90.7 Å². The highest BCUT2D eigenvalue weighted by atomic mass is 32.2. The Morgan fingerprint density at radius 3 is 2.64 bits per heavy atom. The molecular weight excluding hydrogens is 344 g/mol. The van der Waals surface area contributed by atoms with E-state index in [9.17, 15) is 8.42 Å². The lowest BCUT2D eigenvalue weighted by Crippen LogP contribution is -2.41. The number of aromatic nitrogens is 1. The quantitative estimate of drug-likeness (QED) is 0.895. The van der Waals surface area contributed by atoms with E-state index in [2.05, 4.69) is 9.88 Å². The van der Waals surface area contributed by atoms with Gasteiger partial charge >= 0.3 is 0 Å². The van der Waals surface area contributed by atoms with Crippen LogP contribution in [0.3, 0.4) is 0 Å². The minimum atomic E-state index is -3.78. The van der Waals surface area contributed by atoms with Gasteiger partial charge in [0, 0.05) is 18.1 Å². The summed E-state index contributed by atoms with van der Waals surface area (Å²) >= 11 is 0. The summed E-state index contributed by atoms with van der Waals surface area (Å²) in [4.78, 5) is 0.0897. The molecular formula is C17H22N2O5S. The maximum atomic E-state index is 12.9. The standard InChI is InChI=1S/C17H22N2O5S/c1-10-16(11(2)24-18-10)25(20,21)19-14-9-17(3,4)23-15-8-12(22-5)6-7-13(14)15/h6-8,14,19H,9H2,1-5H3/t14-/m0/s1. The van der Waals surface area contributed by atoms with Crippen LogP contribution in [0.4, 0.5) is 0 Å². The Kier molecular flexibility index (Phi) is 4.28. The molecule has 3 rings (SSSR count). The largest absolute Gasteiger partial charge is 0.497 e. The summed E-state index contributed by atoms with van der Waals surface area (Å²) in [7, 11) is -2.20. The van der Waals surface area contributed by atoms with E-state index in [1.165, 1.54) is 0 Å². The van der Waals surface area contributed by atoms with Gasteiger partial charge in [-0.1, -0.05) is 11.2 Å². The molecule has 136 valence electrons. The molecule has 1 aromatic heterocycles. The molecule has 0 bridgehead atoms. The molecule has 0 spiro atoms. The predicted octanol–water partition coefficient (Wildman–Crippen LogP) is 2.88. The van der Waals surface area contributed by atoms with E-state index < -0.39 is 21.7 Å². The summed E-state index contributed by atoms with van der Waals surface area (Å²) in [5.41, 5.74) is 0.590. The summed E-state index contributed by atoms with van der Waals surface area (Å²) in [6.07, 6.45) is 0.495. The van der Waals surface area contributed by atoms with Gasteiger partial charge in [0.1, 0.15) is 27.7 Å². The van der Waals surface area contributed by atoms with E-state index in [0.29, 0.717) is 23.6 Å². The molecule has 0 unspecified atom stereocenters. The second-order valence-corrected chi connectivity index (χ2v) is 8.45. The van der Waals surface area contributed by atoms with Gasteiger partial charge in [-0.15, -0.1) is 0 Å². The van der Waals surface area contributed by atoms with Crippen molar-refractivity contribution in [2.45, 2.75) is 50.7 Å². The van der Waals surface area contributed by atoms with Crippen LogP contribution in [0.5, 0.6) is 11.5 Å². The first-order valence-electron chi connectivity index (χ1n) is 7.95. The van der Waals surface area contributed by atoms with Crippen molar-refractivity contribution >= 4 is 10.0 Å². The zero-order chi connectivity index (χ0) is 18.4. The molecule has 1 aromatic carbocycles. The molecule has 0 saturated heterocycles. The van der Waals surface area contributed by atoms with Crippen molar-refractivity contribution in [1.29, 1.82) is 0 Å². The Labute approximate surface area is 147 Å². The highest BCUT2D eigenvalue weighted by Gasteiger charge is 2.37. The first-order chi connectivity index (χ1) is 11.6. The zero-order valence-electron chi connectivity index (χ0n) is 14.9. The third-order valence-corrected chi connectivity index (χ3v) is 5.93. The van der Waals surface area contributed by atoms with Crippen LogP contribution in [-0.4, -0.2) is 26.3 Å². The molecule has 0 radical (unpaired) electrons. The lowest BCUT2D eigenvalue weighted by molar-refractivity contribution is 0.0698. The van der Waals surface area contributed by atoms with Gasteiger partial charge in [0.15, 0.2) is 5.76 Å². The second-order valence-electron chi connectivity index (χ2n) is 6.80. The van der Waals surface area contributed by atoms with Crippen molar-refractivity contribution in [3.63, 3.8) is 0 Å². The van der Waals surface area contributed by atoms with Crippen LogP contribution in [0, 0.1) is 13.8 Å². The fraction of sp³-hybridized carbons (Fsp3) is 0.471. The summed E-state index contributed by atoms with van der Waals surface area (Å²) in [5.74, 6) is 1.54. The van der Waals surface area contributed by atoms with Crippen molar-refractivity contribution in [3.05, 3.63) is 35.2 Å². The molecule has 1 aliphatic heterocycles. The molecule has 0 amide bonds. The minimum absolute atomic E-state index is 0.0897. The number of methoxy groups -OCH3 is 1. The first-order valence-corrected chi connectivity index (χ1v) is 9.43. The van der Waals surface area contributed by atoms with Gasteiger partial charge in [-0.2, -0.15) is 0 Å². The molecule has 2 heterocycles. The van der Waals surface area contributed by atoms with Gasteiger partial charge in [0.25, 0.3) is 0 Å². The fourth-order valence-corrected chi connectivity index (χ4v) is 4.71. The Morgan fingerprint density at radius 2 is 2.04 bits per heavy atom. The highest BCUT2D eigenvalue weighted by Crippen LogP contribution is 2.42. The van der Waals surface area contributed by atoms with Crippen LogP contribution in [0.15, 0.2) is 27.6 Å². The molecule has 0 aliphatic carbocycles. The Morgan fingerprint density at radius 1 is 1.32 bits per heavy atom. The molecule has 1 aliphatic rings. The van der Waals surface area contributed by atoms with Crippen LogP contribution >= 0.6 is 0 Å².